The van der Waals surface area contributed by atoms with Crippen molar-refractivity contribution in [2.75, 3.05) is 26.2 Å². The van der Waals surface area contributed by atoms with Crippen LogP contribution in [0.4, 0.5) is 0 Å². The molecule has 112 valence electrons. The molecule has 0 radical (unpaired) electrons. The second-order valence-corrected chi connectivity index (χ2v) is 6.82. The molecule has 1 fully saturated rings. The number of aromatic nitrogens is 2. The predicted octanol–water partition coefficient (Wildman–Crippen LogP) is 2.00. The van der Waals surface area contributed by atoms with E-state index in [4.69, 9.17) is 4.52 Å². The monoisotopic (exact) mass is 304 g/mol. The van der Waals surface area contributed by atoms with Crippen LogP contribution in [-0.4, -0.2) is 41.2 Å². The maximum atomic E-state index is 5.57. The van der Waals surface area contributed by atoms with Crippen LogP contribution >= 0.6 is 11.3 Å². The molecule has 1 aliphatic heterocycles. The average molecular weight is 304 g/mol. The number of fused-ring (bicyclic) bond motifs is 1. The van der Waals surface area contributed by atoms with Gasteiger partial charge in [0.05, 0.1) is 12.5 Å². The molecule has 4 rings (SSSR count). The fourth-order valence-electron chi connectivity index (χ4n) is 3.29. The summed E-state index contributed by atoms with van der Waals surface area (Å²) in [6, 6.07) is 2.23. The van der Waals surface area contributed by atoms with Crippen LogP contribution in [0.3, 0.4) is 0 Å². The first-order valence-electron chi connectivity index (χ1n) is 7.72. The highest BCUT2D eigenvalue weighted by Gasteiger charge is 2.27. The van der Waals surface area contributed by atoms with Gasteiger partial charge in [0, 0.05) is 31.1 Å². The molecule has 1 unspecified atom stereocenters. The van der Waals surface area contributed by atoms with Crippen molar-refractivity contribution in [2.24, 2.45) is 0 Å². The third-order valence-corrected chi connectivity index (χ3v) is 5.40. The summed E-state index contributed by atoms with van der Waals surface area (Å²) >= 11 is 1.85. The second kappa shape index (κ2) is 5.87. The maximum absolute atomic E-state index is 5.57. The van der Waals surface area contributed by atoms with Gasteiger partial charge in [-0.3, -0.25) is 4.90 Å². The van der Waals surface area contributed by atoms with Crippen molar-refractivity contribution in [1.82, 2.24) is 20.4 Å². The predicted molar refractivity (Wildman–Crippen MR) is 81.5 cm³/mol. The smallest absolute Gasteiger partial charge is 0.234 e. The summed E-state index contributed by atoms with van der Waals surface area (Å²) in [5.41, 5.74) is 1.41. The Hall–Kier alpha value is -1.24. The van der Waals surface area contributed by atoms with Crippen LogP contribution in [-0.2, 0) is 13.0 Å². The van der Waals surface area contributed by atoms with E-state index >= 15 is 0 Å². The average Bonchev–Trinajstić information content (AvgIpc) is 3.16. The summed E-state index contributed by atoms with van der Waals surface area (Å²) in [5.74, 6) is 1.94. The summed E-state index contributed by atoms with van der Waals surface area (Å²) in [6.45, 7) is 5.01. The van der Waals surface area contributed by atoms with Crippen LogP contribution < -0.4 is 5.32 Å². The molecule has 21 heavy (non-hydrogen) atoms. The molecule has 1 atom stereocenters. The van der Waals surface area contributed by atoms with Gasteiger partial charge in [0.2, 0.25) is 5.89 Å². The highest BCUT2D eigenvalue weighted by molar-refractivity contribution is 7.10. The van der Waals surface area contributed by atoms with Gasteiger partial charge in [-0.25, -0.2) is 0 Å². The normalized spacial score (nSPS) is 23.1. The van der Waals surface area contributed by atoms with Gasteiger partial charge in [-0.15, -0.1) is 11.3 Å². The van der Waals surface area contributed by atoms with Gasteiger partial charge in [-0.05, 0) is 36.3 Å². The lowest BCUT2D eigenvalue weighted by Crippen LogP contribution is -2.43. The van der Waals surface area contributed by atoms with Crippen molar-refractivity contribution in [1.29, 1.82) is 0 Å². The van der Waals surface area contributed by atoms with Gasteiger partial charge in [0.25, 0.3) is 0 Å². The number of hydrogen-bond donors (Lipinski definition) is 1. The molecule has 0 saturated carbocycles. The number of nitrogens with one attached hydrogen (secondary N) is 1. The molecule has 0 amide bonds. The molecule has 1 aliphatic carbocycles. The molecular formula is C15H20N4OS. The molecule has 6 heteroatoms. The summed E-state index contributed by atoms with van der Waals surface area (Å²) in [6.07, 6.45) is 3.54. The van der Waals surface area contributed by atoms with Crippen molar-refractivity contribution in [3.05, 3.63) is 33.6 Å². The molecule has 1 saturated heterocycles. The Morgan fingerprint density at radius 1 is 1.38 bits per heavy atom. The van der Waals surface area contributed by atoms with E-state index in [1.807, 2.05) is 11.3 Å². The Balaban J connectivity index is 1.50. The zero-order valence-corrected chi connectivity index (χ0v) is 12.9. The van der Waals surface area contributed by atoms with E-state index in [2.05, 4.69) is 31.8 Å². The van der Waals surface area contributed by atoms with E-state index in [0.717, 1.165) is 50.9 Å². The molecule has 2 aromatic heterocycles. The third-order valence-electron chi connectivity index (χ3n) is 4.41. The third kappa shape index (κ3) is 2.75. The minimum Gasteiger partial charge on any atom is -0.339 e. The van der Waals surface area contributed by atoms with Crippen molar-refractivity contribution in [3.8, 4) is 0 Å². The maximum Gasteiger partial charge on any atom is 0.234 e. The van der Waals surface area contributed by atoms with Crippen molar-refractivity contribution < 1.29 is 4.52 Å². The van der Waals surface area contributed by atoms with Crippen molar-refractivity contribution in [3.63, 3.8) is 0 Å². The largest absolute Gasteiger partial charge is 0.339 e. The Kier molecular flexibility index (Phi) is 3.75. The Labute approximate surface area is 128 Å². The molecule has 2 aliphatic rings. The van der Waals surface area contributed by atoms with Crippen LogP contribution in [0, 0.1) is 0 Å². The summed E-state index contributed by atoms with van der Waals surface area (Å²) in [7, 11) is 0. The van der Waals surface area contributed by atoms with E-state index < -0.39 is 0 Å². The quantitative estimate of drug-likeness (QED) is 0.940. The van der Waals surface area contributed by atoms with Gasteiger partial charge >= 0.3 is 0 Å². The molecule has 1 N–H and O–H groups in total. The first kappa shape index (κ1) is 13.4. The lowest BCUT2D eigenvalue weighted by Gasteiger charge is -2.25. The number of thiophene rings is 1. The highest BCUT2D eigenvalue weighted by atomic mass is 32.1. The Morgan fingerprint density at radius 3 is 3.19 bits per heavy atom. The SMILES string of the molecule is c1cc2c(s1)CCCC2c1nc(CN2CCNCC2)no1. The first-order valence-corrected chi connectivity index (χ1v) is 8.60. The van der Waals surface area contributed by atoms with Crippen LogP contribution in [0.2, 0.25) is 0 Å². The van der Waals surface area contributed by atoms with E-state index in [1.165, 1.54) is 23.3 Å². The molecule has 0 spiro atoms. The van der Waals surface area contributed by atoms with Crippen molar-refractivity contribution in [2.45, 2.75) is 31.7 Å². The molecule has 5 nitrogen and oxygen atoms in total. The van der Waals surface area contributed by atoms with Gasteiger partial charge in [-0.1, -0.05) is 5.16 Å². The van der Waals surface area contributed by atoms with Crippen LogP contribution in [0.15, 0.2) is 16.0 Å². The fourth-order valence-corrected chi connectivity index (χ4v) is 4.27. The molecular weight excluding hydrogens is 284 g/mol. The summed E-state index contributed by atoms with van der Waals surface area (Å²) in [4.78, 5) is 8.54. The van der Waals surface area contributed by atoms with Gasteiger partial charge in [0.1, 0.15) is 0 Å². The molecule has 3 heterocycles. The fraction of sp³-hybridized carbons (Fsp3) is 0.600. The van der Waals surface area contributed by atoms with Crippen LogP contribution in [0.5, 0.6) is 0 Å². The Morgan fingerprint density at radius 2 is 2.29 bits per heavy atom. The van der Waals surface area contributed by atoms with Gasteiger partial charge < -0.3 is 9.84 Å². The van der Waals surface area contributed by atoms with E-state index in [-0.39, 0.29) is 0 Å². The van der Waals surface area contributed by atoms with E-state index in [9.17, 15) is 0 Å². The number of piperazine rings is 1. The topological polar surface area (TPSA) is 54.2 Å². The minimum absolute atomic E-state index is 0.310. The molecule has 0 aromatic carbocycles. The highest BCUT2D eigenvalue weighted by Crippen LogP contribution is 2.38. The lowest BCUT2D eigenvalue weighted by molar-refractivity contribution is 0.224. The Bertz CT molecular complexity index is 602. The number of rotatable bonds is 3. The summed E-state index contributed by atoms with van der Waals surface area (Å²) in [5, 5.41) is 9.74. The van der Waals surface area contributed by atoms with Gasteiger partial charge in [-0.2, -0.15) is 4.98 Å². The van der Waals surface area contributed by atoms with Crippen LogP contribution in [0.1, 0.15) is 40.9 Å². The van der Waals surface area contributed by atoms with E-state index in [1.54, 1.807) is 0 Å². The zero-order chi connectivity index (χ0) is 14.1. The minimum atomic E-state index is 0.310. The van der Waals surface area contributed by atoms with Gasteiger partial charge in [0.15, 0.2) is 5.82 Å². The summed E-state index contributed by atoms with van der Waals surface area (Å²) < 4.78 is 5.57. The van der Waals surface area contributed by atoms with Crippen molar-refractivity contribution >= 4 is 11.3 Å². The number of hydrogen-bond acceptors (Lipinski definition) is 6. The zero-order valence-electron chi connectivity index (χ0n) is 12.0. The van der Waals surface area contributed by atoms with Crippen LogP contribution in [0.25, 0.3) is 0 Å². The second-order valence-electron chi connectivity index (χ2n) is 5.82. The number of nitrogens with zero attached hydrogens (tertiary/aromatic N) is 3. The number of aryl methyl sites for hydroxylation is 1. The van der Waals surface area contributed by atoms with E-state index in [0.29, 0.717) is 5.92 Å². The standard InChI is InChI=1S/C15H20N4OS/c1-2-12(11-4-9-21-13(11)3-1)15-17-14(18-20-15)10-19-7-5-16-6-8-19/h4,9,12,16H,1-3,5-8,10H2. The lowest BCUT2D eigenvalue weighted by atomic mass is 9.88. The molecule has 2 aromatic rings. The first-order chi connectivity index (χ1) is 10.4. The molecule has 0 bridgehead atoms.